The molecular weight excluding hydrogens is 350 g/mol. The molecule has 0 spiro atoms. The van der Waals surface area contributed by atoms with E-state index in [0.29, 0.717) is 24.6 Å². The number of amides is 1. The van der Waals surface area contributed by atoms with Crippen LogP contribution in [-0.2, 0) is 14.3 Å². The van der Waals surface area contributed by atoms with E-state index in [4.69, 9.17) is 9.15 Å². The number of rotatable bonds is 6. The molecule has 0 radical (unpaired) electrons. The molecule has 1 aliphatic heterocycles. The van der Waals surface area contributed by atoms with Crippen LogP contribution in [-0.4, -0.2) is 62.7 Å². The number of ether oxygens (including phenoxy) is 2. The van der Waals surface area contributed by atoms with Crippen molar-refractivity contribution in [1.29, 1.82) is 0 Å². The second-order valence-corrected chi connectivity index (χ2v) is 6.81. The third kappa shape index (κ3) is 4.50. The minimum atomic E-state index is -0.418. The molecule has 0 saturated carbocycles. The number of hydrogen-bond donors (Lipinski definition) is 0. The predicted octanol–water partition coefficient (Wildman–Crippen LogP) is 2.07. The molecule has 1 aliphatic rings. The molecule has 2 heterocycles. The molecule has 0 N–H and O–H groups in total. The summed E-state index contributed by atoms with van der Waals surface area (Å²) in [6.45, 7) is 1.51. The maximum atomic E-state index is 12.4. The van der Waals surface area contributed by atoms with E-state index in [1.165, 1.54) is 12.0 Å². The summed E-state index contributed by atoms with van der Waals surface area (Å²) in [5.41, 5.74) is 1.46. The first-order valence-corrected chi connectivity index (χ1v) is 9.00. The standard InChI is InChI=1S/C19H25N3O5/c1-21(12-18(24)26-3)17(23)9-13-5-4-8-22(11-13)19-20-15-10-14(25-2)6-7-16(15)27-19/h6-7,10,13H,4-5,8-9,11-12H2,1-3H3. The highest BCUT2D eigenvalue weighted by atomic mass is 16.5. The van der Waals surface area contributed by atoms with Gasteiger partial charge in [-0.15, -0.1) is 0 Å². The van der Waals surface area contributed by atoms with Crippen LogP contribution in [0.3, 0.4) is 0 Å². The van der Waals surface area contributed by atoms with Gasteiger partial charge in [0.15, 0.2) is 5.58 Å². The summed E-state index contributed by atoms with van der Waals surface area (Å²) in [5, 5.41) is 0. The third-order valence-electron chi connectivity index (χ3n) is 4.86. The molecule has 1 fully saturated rings. The third-order valence-corrected chi connectivity index (χ3v) is 4.86. The zero-order valence-corrected chi connectivity index (χ0v) is 15.9. The number of carbonyl (C=O) groups is 2. The lowest BCUT2D eigenvalue weighted by molar-refractivity contribution is -0.146. The number of methoxy groups -OCH3 is 2. The zero-order valence-electron chi connectivity index (χ0n) is 15.9. The van der Waals surface area contributed by atoms with Crippen molar-refractivity contribution in [1.82, 2.24) is 9.88 Å². The Morgan fingerprint density at radius 1 is 1.37 bits per heavy atom. The Morgan fingerprint density at radius 3 is 2.93 bits per heavy atom. The predicted molar refractivity (Wildman–Crippen MR) is 99.8 cm³/mol. The van der Waals surface area contributed by atoms with Gasteiger partial charge in [0.2, 0.25) is 5.91 Å². The van der Waals surface area contributed by atoms with Crippen molar-refractivity contribution in [3.05, 3.63) is 18.2 Å². The Bertz CT molecular complexity index is 819. The molecular formula is C19H25N3O5. The van der Waals surface area contributed by atoms with Gasteiger partial charge in [-0.2, -0.15) is 4.98 Å². The molecule has 0 bridgehead atoms. The van der Waals surface area contributed by atoms with E-state index >= 15 is 0 Å². The summed E-state index contributed by atoms with van der Waals surface area (Å²) in [4.78, 5) is 31.8. The molecule has 1 unspecified atom stereocenters. The van der Waals surface area contributed by atoms with Gasteiger partial charge in [-0.05, 0) is 30.9 Å². The number of hydrogen-bond acceptors (Lipinski definition) is 7. The van der Waals surface area contributed by atoms with E-state index in [9.17, 15) is 9.59 Å². The summed E-state index contributed by atoms with van der Waals surface area (Å²) < 4.78 is 15.7. The van der Waals surface area contributed by atoms with Crippen molar-refractivity contribution in [2.75, 3.05) is 45.8 Å². The molecule has 8 heteroatoms. The number of likely N-dealkylation sites (N-methyl/N-ethyl adjacent to an activating group) is 1. The van der Waals surface area contributed by atoms with Gasteiger partial charge >= 0.3 is 5.97 Å². The van der Waals surface area contributed by atoms with Crippen LogP contribution in [0.2, 0.25) is 0 Å². The minimum absolute atomic E-state index is 0.0290. The van der Waals surface area contributed by atoms with Crippen LogP contribution < -0.4 is 9.64 Å². The van der Waals surface area contributed by atoms with Crippen LogP contribution in [0.5, 0.6) is 5.75 Å². The van der Waals surface area contributed by atoms with Gasteiger partial charge in [0.25, 0.3) is 6.01 Å². The Hall–Kier alpha value is -2.77. The molecule has 2 aromatic rings. The number of fused-ring (bicyclic) bond motifs is 1. The summed E-state index contributed by atoms with van der Waals surface area (Å²) in [6.07, 6.45) is 2.31. The number of carbonyl (C=O) groups excluding carboxylic acids is 2. The van der Waals surface area contributed by atoms with Crippen molar-refractivity contribution < 1.29 is 23.5 Å². The first-order chi connectivity index (χ1) is 13.0. The molecule has 1 saturated heterocycles. The molecule has 1 aromatic heterocycles. The molecule has 1 atom stereocenters. The van der Waals surface area contributed by atoms with Gasteiger partial charge in [-0.3, -0.25) is 9.59 Å². The molecule has 8 nitrogen and oxygen atoms in total. The van der Waals surface area contributed by atoms with Gasteiger partial charge in [0, 0.05) is 32.6 Å². The Morgan fingerprint density at radius 2 is 2.19 bits per heavy atom. The van der Waals surface area contributed by atoms with Gasteiger partial charge in [0.1, 0.15) is 17.8 Å². The topological polar surface area (TPSA) is 85.1 Å². The van der Waals surface area contributed by atoms with Crippen molar-refractivity contribution >= 4 is 29.0 Å². The lowest BCUT2D eigenvalue weighted by atomic mass is 9.94. The fourth-order valence-corrected chi connectivity index (χ4v) is 3.31. The average Bonchev–Trinajstić information content (AvgIpc) is 3.11. The number of benzene rings is 1. The Labute approximate surface area is 158 Å². The zero-order chi connectivity index (χ0) is 19.4. The maximum absolute atomic E-state index is 12.4. The molecule has 146 valence electrons. The van der Waals surface area contributed by atoms with Crippen LogP contribution in [0.4, 0.5) is 6.01 Å². The van der Waals surface area contributed by atoms with Crippen LogP contribution in [0.25, 0.3) is 11.1 Å². The van der Waals surface area contributed by atoms with Gasteiger partial charge in [-0.25, -0.2) is 0 Å². The van der Waals surface area contributed by atoms with Crippen LogP contribution in [0.1, 0.15) is 19.3 Å². The van der Waals surface area contributed by atoms with E-state index in [2.05, 4.69) is 14.6 Å². The summed E-state index contributed by atoms with van der Waals surface area (Å²) in [6, 6.07) is 6.09. The normalized spacial score (nSPS) is 17.0. The minimum Gasteiger partial charge on any atom is -0.497 e. The maximum Gasteiger partial charge on any atom is 0.325 e. The van der Waals surface area contributed by atoms with Gasteiger partial charge < -0.3 is 23.7 Å². The fraction of sp³-hybridized carbons (Fsp3) is 0.526. The van der Waals surface area contributed by atoms with Crippen molar-refractivity contribution in [2.24, 2.45) is 5.92 Å². The van der Waals surface area contributed by atoms with E-state index in [1.54, 1.807) is 14.2 Å². The van der Waals surface area contributed by atoms with Crippen molar-refractivity contribution in [2.45, 2.75) is 19.3 Å². The van der Waals surface area contributed by atoms with Crippen molar-refractivity contribution in [3.8, 4) is 5.75 Å². The van der Waals surface area contributed by atoms with Gasteiger partial charge in [-0.1, -0.05) is 0 Å². The average molecular weight is 375 g/mol. The Balaban J connectivity index is 1.64. The lowest BCUT2D eigenvalue weighted by Gasteiger charge is -2.32. The van der Waals surface area contributed by atoms with Gasteiger partial charge in [0.05, 0.1) is 14.2 Å². The second kappa shape index (κ2) is 8.28. The monoisotopic (exact) mass is 375 g/mol. The quantitative estimate of drug-likeness (QED) is 0.715. The highest BCUT2D eigenvalue weighted by Gasteiger charge is 2.26. The number of oxazole rings is 1. The van der Waals surface area contributed by atoms with Crippen molar-refractivity contribution in [3.63, 3.8) is 0 Å². The van der Waals surface area contributed by atoms with E-state index in [-0.39, 0.29) is 18.4 Å². The van der Waals surface area contributed by atoms with Crippen LogP contribution in [0, 0.1) is 5.92 Å². The summed E-state index contributed by atoms with van der Waals surface area (Å²) >= 11 is 0. The highest BCUT2D eigenvalue weighted by Crippen LogP contribution is 2.29. The number of piperidine rings is 1. The molecule has 27 heavy (non-hydrogen) atoms. The van der Waals surface area contributed by atoms with Crippen LogP contribution >= 0.6 is 0 Å². The van der Waals surface area contributed by atoms with Crippen LogP contribution in [0.15, 0.2) is 22.6 Å². The fourth-order valence-electron chi connectivity index (χ4n) is 3.31. The summed E-state index contributed by atoms with van der Waals surface area (Å²) in [5.74, 6) is 0.446. The number of aromatic nitrogens is 1. The van der Waals surface area contributed by atoms with E-state index in [0.717, 1.165) is 30.7 Å². The first-order valence-electron chi connectivity index (χ1n) is 9.00. The smallest absolute Gasteiger partial charge is 0.325 e. The number of anilines is 1. The molecule has 1 amide bonds. The van der Waals surface area contributed by atoms with E-state index in [1.807, 2.05) is 18.2 Å². The highest BCUT2D eigenvalue weighted by molar-refractivity contribution is 5.82. The molecule has 0 aliphatic carbocycles. The Kier molecular flexibility index (Phi) is 5.83. The summed E-state index contributed by atoms with van der Waals surface area (Å²) in [7, 11) is 4.55. The SMILES string of the molecule is COC(=O)CN(C)C(=O)CC1CCCN(c2nc3cc(OC)ccc3o2)C1. The lowest BCUT2D eigenvalue weighted by Crippen LogP contribution is -2.39. The molecule has 1 aromatic carbocycles. The number of esters is 1. The van der Waals surface area contributed by atoms with E-state index < -0.39 is 5.97 Å². The number of nitrogens with zero attached hydrogens (tertiary/aromatic N) is 3. The second-order valence-electron chi connectivity index (χ2n) is 6.81. The largest absolute Gasteiger partial charge is 0.497 e. The first kappa shape index (κ1) is 19.0. The molecule has 3 rings (SSSR count).